The smallest absolute Gasteiger partial charge is 0.269 e. The minimum atomic E-state index is -0.388. The molecule has 3 aromatic rings. The largest absolute Gasteiger partial charge is 1.00 e. The average molecular weight is 372 g/mol. The van der Waals surface area contributed by atoms with Crippen molar-refractivity contribution in [3.8, 4) is 11.1 Å². The molecular weight excluding hydrogens is 358 g/mol. The molecule has 0 atom stereocenters. The first-order chi connectivity index (χ1) is 10.7. The van der Waals surface area contributed by atoms with Gasteiger partial charge in [-0.2, -0.15) is 0 Å². The fourth-order valence-electron chi connectivity index (χ4n) is 2.23. The standard InChI is InChI=1S/C17H14N3O2.BrH/c21-20(22)17-3-1-14(2-4-17)13-19-11-7-16(8-12-19)15-5-9-18-10-6-15;/h1-12H,13H2;1H/q+1;/p-1. The average Bonchev–Trinajstić information content (AvgIpc) is 2.57. The van der Waals surface area contributed by atoms with Crippen LogP contribution in [0.25, 0.3) is 11.1 Å². The highest BCUT2D eigenvalue weighted by Gasteiger charge is 2.07. The van der Waals surface area contributed by atoms with Gasteiger partial charge in [-0.1, -0.05) is 0 Å². The van der Waals surface area contributed by atoms with Gasteiger partial charge >= 0.3 is 0 Å². The summed E-state index contributed by atoms with van der Waals surface area (Å²) >= 11 is 0. The summed E-state index contributed by atoms with van der Waals surface area (Å²) in [4.78, 5) is 14.3. The Labute approximate surface area is 144 Å². The predicted octanol–water partition coefficient (Wildman–Crippen LogP) is -0.00340. The molecule has 116 valence electrons. The van der Waals surface area contributed by atoms with Gasteiger partial charge < -0.3 is 17.0 Å². The number of nitro groups is 1. The van der Waals surface area contributed by atoms with Gasteiger partial charge in [0, 0.05) is 42.2 Å². The highest BCUT2D eigenvalue weighted by atomic mass is 79.9. The molecular formula is C17H14BrN3O2. The fourth-order valence-corrected chi connectivity index (χ4v) is 2.23. The molecule has 5 nitrogen and oxygen atoms in total. The number of nitro benzene ring substituents is 1. The summed E-state index contributed by atoms with van der Waals surface area (Å²) in [7, 11) is 0. The van der Waals surface area contributed by atoms with E-state index in [0.717, 1.165) is 16.7 Å². The highest BCUT2D eigenvalue weighted by Crippen LogP contribution is 2.16. The van der Waals surface area contributed by atoms with Crippen molar-refractivity contribution in [2.75, 3.05) is 0 Å². The molecule has 0 fully saturated rings. The van der Waals surface area contributed by atoms with Crippen LogP contribution in [-0.4, -0.2) is 9.91 Å². The van der Waals surface area contributed by atoms with E-state index in [2.05, 4.69) is 4.98 Å². The minimum absolute atomic E-state index is 0. The number of halogens is 1. The molecule has 0 aliphatic rings. The van der Waals surface area contributed by atoms with Crippen molar-refractivity contribution in [2.24, 2.45) is 0 Å². The second kappa shape index (κ2) is 7.60. The topological polar surface area (TPSA) is 59.9 Å². The number of hydrogen-bond acceptors (Lipinski definition) is 3. The van der Waals surface area contributed by atoms with Gasteiger partial charge in [0.15, 0.2) is 18.9 Å². The Bertz CT molecular complexity index is 775. The summed E-state index contributed by atoms with van der Waals surface area (Å²) in [5.41, 5.74) is 3.38. The zero-order valence-electron chi connectivity index (χ0n) is 12.2. The number of nitrogens with zero attached hydrogens (tertiary/aromatic N) is 3. The molecule has 0 bridgehead atoms. The minimum Gasteiger partial charge on any atom is -1.00 e. The van der Waals surface area contributed by atoms with E-state index in [4.69, 9.17) is 0 Å². The van der Waals surface area contributed by atoms with Crippen LogP contribution in [0.15, 0.2) is 73.3 Å². The first-order valence-corrected chi connectivity index (χ1v) is 6.85. The number of non-ortho nitro benzene ring substituents is 1. The third-order valence-electron chi connectivity index (χ3n) is 3.42. The van der Waals surface area contributed by atoms with Gasteiger partial charge in [-0.3, -0.25) is 15.1 Å². The summed E-state index contributed by atoms with van der Waals surface area (Å²) in [5.74, 6) is 0. The van der Waals surface area contributed by atoms with Gasteiger partial charge in [0.2, 0.25) is 0 Å². The van der Waals surface area contributed by atoms with Crippen molar-refractivity contribution in [3.05, 3.63) is 89.0 Å². The molecule has 0 radical (unpaired) electrons. The van der Waals surface area contributed by atoms with Crippen LogP contribution in [0.1, 0.15) is 5.56 Å². The van der Waals surface area contributed by atoms with Gasteiger partial charge in [-0.25, -0.2) is 4.57 Å². The lowest BCUT2D eigenvalue weighted by atomic mass is 10.1. The molecule has 6 heteroatoms. The summed E-state index contributed by atoms with van der Waals surface area (Å²) in [6.07, 6.45) is 7.54. The van der Waals surface area contributed by atoms with Crippen LogP contribution in [0, 0.1) is 10.1 Å². The lowest BCUT2D eigenvalue weighted by Crippen LogP contribution is -3.00. The van der Waals surface area contributed by atoms with Crippen LogP contribution in [0.2, 0.25) is 0 Å². The summed E-state index contributed by atoms with van der Waals surface area (Å²) in [6, 6.07) is 14.6. The monoisotopic (exact) mass is 371 g/mol. The molecule has 2 aromatic heterocycles. The maximum absolute atomic E-state index is 10.6. The van der Waals surface area contributed by atoms with Crippen molar-refractivity contribution in [3.63, 3.8) is 0 Å². The zero-order chi connectivity index (χ0) is 15.4. The number of benzene rings is 1. The lowest BCUT2D eigenvalue weighted by Gasteiger charge is -2.01. The molecule has 0 N–H and O–H groups in total. The van der Waals surface area contributed by atoms with Gasteiger partial charge in [0.25, 0.3) is 5.69 Å². The molecule has 23 heavy (non-hydrogen) atoms. The highest BCUT2D eigenvalue weighted by molar-refractivity contribution is 5.61. The maximum Gasteiger partial charge on any atom is 0.269 e. The van der Waals surface area contributed by atoms with E-state index < -0.39 is 0 Å². The summed E-state index contributed by atoms with van der Waals surface area (Å²) in [5, 5.41) is 10.6. The van der Waals surface area contributed by atoms with Crippen LogP contribution in [0.5, 0.6) is 0 Å². The Balaban J connectivity index is 0.00000192. The first-order valence-electron chi connectivity index (χ1n) is 6.85. The number of aromatic nitrogens is 2. The number of rotatable bonds is 4. The molecule has 3 rings (SSSR count). The van der Waals surface area contributed by atoms with Crippen LogP contribution in [0.4, 0.5) is 5.69 Å². The van der Waals surface area contributed by atoms with Gasteiger partial charge in [0.05, 0.1) is 4.92 Å². The van der Waals surface area contributed by atoms with Crippen LogP contribution in [-0.2, 0) is 6.54 Å². The third-order valence-corrected chi connectivity index (χ3v) is 3.42. The predicted molar refractivity (Wildman–Crippen MR) is 82.1 cm³/mol. The van der Waals surface area contributed by atoms with Crippen molar-refractivity contribution in [1.29, 1.82) is 0 Å². The van der Waals surface area contributed by atoms with Crippen LogP contribution >= 0.6 is 0 Å². The van der Waals surface area contributed by atoms with Crippen LogP contribution in [0.3, 0.4) is 0 Å². The van der Waals surface area contributed by atoms with Crippen LogP contribution < -0.4 is 21.5 Å². The Morgan fingerprint density at radius 1 is 0.913 bits per heavy atom. The molecule has 0 unspecified atom stereocenters. The Morgan fingerprint density at radius 3 is 2.04 bits per heavy atom. The molecule has 0 aliphatic heterocycles. The fraction of sp³-hybridized carbons (Fsp3) is 0.0588. The maximum atomic E-state index is 10.6. The van der Waals surface area contributed by atoms with Gasteiger partial charge in [-0.05, 0) is 35.4 Å². The second-order valence-electron chi connectivity index (χ2n) is 4.92. The molecule has 1 aromatic carbocycles. The summed E-state index contributed by atoms with van der Waals surface area (Å²) in [6.45, 7) is 0.675. The van der Waals surface area contributed by atoms with E-state index in [1.54, 1.807) is 24.5 Å². The van der Waals surface area contributed by atoms with Gasteiger partial charge in [-0.15, -0.1) is 0 Å². The van der Waals surface area contributed by atoms with E-state index in [1.165, 1.54) is 12.1 Å². The van der Waals surface area contributed by atoms with E-state index in [9.17, 15) is 10.1 Å². The van der Waals surface area contributed by atoms with Crippen molar-refractivity contribution in [2.45, 2.75) is 6.54 Å². The Morgan fingerprint density at radius 2 is 1.48 bits per heavy atom. The third kappa shape index (κ3) is 4.20. The summed E-state index contributed by atoms with van der Waals surface area (Å²) < 4.78 is 2.03. The van der Waals surface area contributed by atoms with E-state index >= 15 is 0 Å². The van der Waals surface area contributed by atoms with E-state index in [0.29, 0.717) is 6.54 Å². The van der Waals surface area contributed by atoms with Gasteiger partial charge in [0.1, 0.15) is 0 Å². The lowest BCUT2D eigenvalue weighted by molar-refractivity contribution is -0.688. The number of pyridine rings is 2. The van der Waals surface area contributed by atoms with Crippen molar-refractivity contribution < 1.29 is 26.5 Å². The molecule has 0 amide bonds. The van der Waals surface area contributed by atoms with E-state index in [-0.39, 0.29) is 27.6 Å². The van der Waals surface area contributed by atoms with Crippen molar-refractivity contribution in [1.82, 2.24) is 4.98 Å². The molecule has 0 saturated heterocycles. The molecule has 0 aliphatic carbocycles. The molecule has 0 spiro atoms. The Kier molecular flexibility index (Phi) is 5.54. The van der Waals surface area contributed by atoms with E-state index in [1.807, 2.05) is 41.2 Å². The quantitative estimate of drug-likeness (QED) is 0.368. The zero-order valence-corrected chi connectivity index (χ0v) is 13.8. The molecule has 0 saturated carbocycles. The number of hydrogen-bond donors (Lipinski definition) is 0. The normalized spacial score (nSPS) is 9.91. The Hall–Kier alpha value is -2.60. The first kappa shape index (κ1) is 16.8. The van der Waals surface area contributed by atoms with Crippen molar-refractivity contribution >= 4 is 5.69 Å². The SMILES string of the molecule is O=[N+]([O-])c1ccc(C[n+]2ccc(-c3ccncc3)cc2)cc1.[Br-]. The molecule has 2 heterocycles. The second-order valence-corrected chi connectivity index (χ2v) is 4.92.